The van der Waals surface area contributed by atoms with Crippen LogP contribution in [0.15, 0.2) is 36.4 Å². The molecule has 0 nitrogen and oxygen atoms in total. The fourth-order valence-corrected chi connectivity index (χ4v) is 5.12. The zero-order chi connectivity index (χ0) is 21.4. The van der Waals surface area contributed by atoms with E-state index in [1.54, 1.807) is 0 Å². The van der Waals surface area contributed by atoms with Crippen molar-refractivity contribution < 1.29 is 13.2 Å². The summed E-state index contributed by atoms with van der Waals surface area (Å²) in [6, 6.07) is 5.04. The van der Waals surface area contributed by atoms with Gasteiger partial charge >= 0.3 is 6.18 Å². The molecule has 2 saturated carbocycles. The van der Waals surface area contributed by atoms with Gasteiger partial charge in [0, 0.05) is 5.56 Å². The maximum absolute atomic E-state index is 12.6. The average Bonchev–Trinajstić information content (AvgIpc) is 2.76. The molecule has 1 aromatic carbocycles. The molecule has 0 atom stereocenters. The summed E-state index contributed by atoms with van der Waals surface area (Å²) in [4.78, 5) is 0. The van der Waals surface area contributed by atoms with Crippen molar-refractivity contribution in [2.24, 2.45) is 23.7 Å². The normalized spacial score (nSPS) is 27.6. The van der Waals surface area contributed by atoms with Crippen molar-refractivity contribution in [2.75, 3.05) is 0 Å². The van der Waals surface area contributed by atoms with Gasteiger partial charge in [0.15, 0.2) is 0 Å². The second kappa shape index (κ2) is 11.1. The highest BCUT2D eigenvalue weighted by Crippen LogP contribution is 2.37. The Bertz CT molecular complexity index is 716. The summed E-state index contributed by atoms with van der Waals surface area (Å²) in [7, 11) is 0. The number of rotatable bonds is 5. The summed E-state index contributed by atoms with van der Waals surface area (Å²) >= 11 is 0. The van der Waals surface area contributed by atoms with E-state index in [1.165, 1.54) is 82.8 Å². The Morgan fingerprint density at radius 1 is 0.833 bits per heavy atom. The van der Waals surface area contributed by atoms with Gasteiger partial charge in [0.2, 0.25) is 0 Å². The zero-order valence-corrected chi connectivity index (χ0v) is 18.2. The van der Waals surface area contributed by atoms with E-state index in [4.69, 9.17) is 0 Å². The summed E-state index contributed by atoms with van der Waals surface area (Å²) in [5.41, 5.74) is -0.0154. The van der Waals surface area contributed by atoms with E-state index in [9.17, 15) is 13.2 Å². The third-order valence-electron chi connectivity index (χ3n) is 7.30. The molecule has 30 heavy (non-hydrogen) atoms. The second-order valence-electron chi connectivity index (χ2n) is 9.36. The fraction of sp³-hybridized carbons (Fsp3) is 0.630. The van der Waals surface area contributed by atoms with Crippen LogP contribution in [-0.2, 0) is 6.18 Å². The van der Waals surface area contributed by atoms with Crippen molar-refractivity contribution in [3.63, 3.8) is 0 Å². The summed E-state index contributed by atoms with van der Waals surface area (Å²) in [5.74, 6) is 9.38. The summed E-state index contributed by atoms with van der Waals surface area (Å²) in [5, 5.41) is 0. The smallest absolute Gasteiger partial charge is 0.166 e. The van der Waals surface area contributed by atoms with Crippen LogP contribution in [0.25, 0.3) is 0 Å². The van der Waals surface area contributed by atoms with Crippen LogP contribution in [-0.4, -0.2) is 0 Å². The van der Waals surface area contributed by atoms with Crippen molar-refractivity contribution in [1.82, 2.24) is 0 Å². The van der Waals surface area contributed by atoms with Crippen LogP contribution in [0.1, 0.15) is 88.7 Å². The van der Waals surface area contributed by atoms with Gasteiger partial charge in [-0.1, -0.05) is 69.8 Å². The number of halogens is 3. The van der Waals surface area contributed by atoms with Gasteiger partial charge in [0.25, 0.3) is 0 Å². The first kappa shape index (κ1) is 23.0. The van der Waals surface area contributed by atoms with Gasteiger partial charge < -0.3 is 0 Å². The Labute approximate surface area is 180 Å². The molecule has 3 heteroatoms. The van der Waals surface area contributed by atoms with E-state index in [0.29, 0.717) is 11.5 Å². The van der Waals surface area contributed by atoms with Crippen LogP contribution in [0.5, 0.6) is 0 Å². The Hall–Kier alpha value is -1.69. The van der Waals surface area contributed by atoms with E-state index in [2.05, 4.69) is 24.8 Å². The van der Waals surface area contributed by atoms with Crippen LogP contribution in [0.2, 0.25) is 0 Å². The van der Waals surface area contributed by atoms with Gasteiger partial charge in [-0.2, -0.15) is 13.2 Å². The third-order valence-corrected chi connectivity index (χ3v) is 7.30. The quantitative estimate of drug-likeness (QED) is 0.423. The molecular formula is C27H35F3. The molecule has 0 aromatic heterocycles. The van der Waals surface area contributed by atoms with Crippen molar-refractivity contribution in [2.45, 2.75) is 83.7 Å². The first-order valence-electron chi connectivity index (χ1n) is 11.8. The zero-order valence-electron chi connectivity index (χ0n) is 18.2. The minimum Gasteiger partial charge on any atom is -0.166 e. The number of benzene rings is 1. The molecule has 0 radical (unpaired) electrons. The molecule has 0 unspecified atom stereocenters. The van der Waals surface area contributed by atoms with E-state index in [0.717, 1.165) is 29.9 Å². The van der Waals surface area contributed by atoms with E-state index < -0.39 is 11.7 Å². The highest BCUT2D eigenvalue weighted by Gasteiger charge is 2.29. The van der Waals surface area contributed by atoms with E-state index in [1.807, 2.05) is 6.08 Å². The minimum atomic E-state index is -4.29. The van der Waals surface area contributed by atoms with Crippen LogP contribution in [0.3, 0.4) is 0 Å². The lowest BCUT2D eigenvalue weighted by Crippen LogP contribution is -2.17. The van der Waals surface area contributed by atoms with Crippen LogP contribution < -0.4 is 0 Å². The molecule has 164 valence electrons. The molecule has 0 saturated heterocycles. The number of hydrogen-bond donors (Lipinski definition) is 0. The minimum absolute atomic E-state index is 0.600. The summed E-state index contributed by atoms with van der Waals surface area (Å²) in [6.07, 6.45) is 14.9. The first-order valence-corrected chi connectivity index (χ1v) is 11.8. The molecule has 0 amide bonds. The molecular weight excluding hydrogens is 381 g/mol. The maximum atomic E-state index is 12.6. The third kappa shape index (κ3) is 7.22. The molecule has 2 aliphatic rings. The van der Waals surface area contributed by atoms with Crippen LogP contribution >= 0.6 is 0 Å². The van der Waals surface area contributed by atoms with Crippen molar-refractivity contribution >= 4 is 0 Å². The molecule has 2 aliphatic carbocycles. The molecule has 1 aromatic rings. The van der Waals surface area contributed by atoms with Gasteiger partial charge in [-0.15, -0.1) is 0 Å². The van der Waals surface area contributed by atoms with Gasteiger partial charge in [-0.3, -0.25) is 0 Å². The lowest BCUT2D eigenvalue weighted by atomic mass is 9.75. The predicted octanol–water partition coefficient (Wildman–Crippen LogP) is 8.42. The Morgan fingerprint density at radius 2 is 1.37 bits per heavy atom. The lowest BCUT2D eigenvalue weighted by Gasteiger charge is -2.31. The lowest BCUT2D eigenvalue weighted by molar-refractivity contribution is -0.137. The van der Waals surface area contributed by atoms with E-state index >= 15 is 0 Å². The van der Waals surface area contributed by atoms with Crippen molar-refractivity contribution in [3.8, 4) is 11.8 Å². The Kier molecular flexibility index (Phi) is 8.49. The van der Waals surface area contributed by atoms with Gasteiger partial charge in [0.1, 0.15) is 0 Å². The average molecular weight is 417 g/mol. The van der Waals surface area contributed by atoms with Gasteiger partial charge in [-0.25, -0.2) is 0 Å². The SMILES string of the molecule is CC[C@H]1CC[C@H](CCC2CCC(/C=C/C#Cc3ccc(C(F)(F)F)cc3)CC2)CC1. The highest BCUT2D eigenvalue weighted by atomic mass is 19.4. The Morgan fingerprint density at radius 3 is 1.90 bits per heavy atom. The topological polar surface area (TPSA) is 0 Å². The molecule has 2 fully saturated rings. The standard InChI is InChI=1S/C27H35F3/c1-2-21-7-9-24(10-8-21)15-16-25-13-11-22(12-14-25)5-3-4-6-23-17-19-26(20-18-23)27(28,29)30/h3,5,17-22,24-25H,2,7-16H2,1H3/b5-3+/t21-,22?,24-,25?. The Balaban J connectivity index is 1.35. The monoisotopic (exact) mass is 416 g/mol. The number of hydrogen-bond acceptors (Lipinski definition) is 0. The molecule has 0 bridgehead atoms. The van der Waals surface area contributed by atoms with Crippen molar-refractivity contribution in [3.05, 3.63) is 47.5 Å². The second-order valence-corrected chi connectivity index (χ2v) is 9.36. The van der Waals surface area contributed by atoms with Crippen LogP contribution in [0, 0.1) is 35.5 Å². The van der Waals surface area contributed by atoms with Crippen molar-refractivity contribution in [1.29, 1.82) is 0 Å². The largest absolute Gasteiger partial charge is 0.416 e. The summed E-state index contributed by atoms with van der Waals surface area (Å²) in [6.45, 7) is 2.33. The molecule has 0 spiro atoms. The van der Waals surface area contributed by atoms with Crippen LogP contribution in [0.4, 0.5) is 13.2 Å². The van der Waals surface area contributed by atoms with E-state index in [-0.39, 0.29) is 0 Å². The first-order chi connectivity index (χ1) is 14.4. The fourth-order valence-electron chi connectivity index (χ4n) is 5.12. The maximum Gasteiger partial charge on any atom is 0.416 e. The molecule has 3 rings (SSSR count). The van der Waals surface area contributed by atoms with Gasteiger partial charge in [0.05, 0.1) is 5.56 Å². The number of alkyl halides is 3. The highest BCUT2D eigenvalue weighted by molar-refractivity contribution is 5.39. The van der Waals surface area contributed by atoms with Gasteiger partial charge in [-0.05, 0) is 79.7 Å². The summed E-state index contributed by atoms with van der Waals surface area (Å²) < 4.78 is 37.7. The number of allylic oxidation sites excluding steroid dienone is 2. The predicted molar refractivity (Wildman–Crippen MR) is 118 cm³/mol. The molecule has 0 N–H and O–H groups in total. The molecule has 0 aliphatic heterocycles. The molecule has 0 heterocycles.